The summed E-state index contributed by atoms with van der Waals surface area (Å²) in [5.41, 5.74) is 3.01. The van der Waals surface area contributed by atoms with Gasteiger partial charge in [0.05, 0.1) is 5.88 Å². The van der Waals surface area contributed by atoms with E-state index < -0.39 is 0 Å². The molecule has 104 valence electrons. The number of halogens is 1. The van der Waals surface area contributed by atoms with Crippen molar-refractivity contribution in [2.45, 2.75) is 39.1 Å². The van der Waals surface area contributed by atoms with Crippen LogP contribution in [0.5, 0.6) is 0 Å². The van der Waals surface area contributed by atoms with E-state index in [0.717, 1.165) is 55.2 Å². The van der Waals surface area contributed by atoms with Crippen molar-refractivity contribution in [3.05, 3.63) is 23.7 Å². The summed E-state index contributed by atoms with van der Waals surface area (Å²) in [6.07, 6.45) is 3.83. The molecule has 4 nitrogen and oxygen atoms in total. The van der Waals surface area contributed by atoms with Crippen LogP contribution in [0.15, 0.2) is 12.3 Å². The van der Waals surface area contributed by atoms with Gasteiger partial charge >= 0.3 is 0 Å². The molecule has 0 amide bonds. The molecule has 0 unspecified atom stereocenters. The van der Waals surface area contributed by atoms with Crippen molar-refractivity contribution in [3.8, 4) is 0 Å². The van der Waals surface area contributed by atoms with Crippen LogP contribution in [0.4, 0.5) is 0 Å². The van der Waals surface area contributed by atoms with Gasteiger partial charge in [-0.3, -0.25) is 0 Å². The second kappa shape index (κ2) is 6.87. The summed E-state index contributed by atoms with van der Waals surface area (Å²) in [7, 11) is 0. The van der Waals surface area contributed by atoms with E-state index in [1.807, 2.05) is 19.2 Å². The standard InChI is InChI=1S/C14H20ClN3O/c1-3-8-19-9-4-7-18-12(10-15)17-13-11(2)5-6-16-14(13)18/h5-6H,3-4,7-10H2,1-2H3. The Balaban J connectivity index is 2.14. The van der Waals surface area contributed by atoms with E-state index in [2.05, 4.69) is 21.5 Å². The van der Waals surface area contributed by atoms with E-state index in [1.54, 1.807) is 0 Å². The topological polar surface area (TPSA) is 39.9 Å². The van der Waals surface area contributed by atoms with Crippen molar-refractivity contribution in [1.29, 1.82) is 0 Å². The zero-order valence-corrected chi connectivity index (χ0v) is 12.3. The molecule has 5 heteroatoms. The Morgan fingerprint density at radius 3 is 2.95 bits per heavy atom. The van der Waals surface area contributed by atoms with E-state index >= 15 is 0 Å². The number of hydrogen-bond acceptors (Lipinski definition) is 3. The number of aromatic nitrogens is 3. The molecular weight excluding hydrogens is 262 g/mol. The molecule has 0 radical (unpaired) electrons. The Morgan fingerprint density at radius 2 is 2.21 bits per heavy atom. The van der Waals surface area contributed by atoms with Crippen LogP contribution >= 0.6 is 11.6 Å². The number of imidazole rings is 1. The monoisotopic (exact) mass is 281 g/mol. The molecule has 2 rings (SSSR count). The van der Waals surface area contributed by atoms with E-state index in [0.29, 0.717) is 5.88 Å². The third-order valence-electron chi connectivity index (χ3n) is 3.05. The van der Waals surface area contributed by atoms with Crippen molar-refractivity contribution < 1.29 is 4.74 Å². The fourth-order valence-electron chi connectivity index (χ4n) is 2.09. The molecular formula is C14H20ClN3O. The van der Waals surface area contributed by atoms with Crippen LogP contribution in [0, 0.1) is 6.92 Å². The molecule has 0 N–H and O–H groups in total. The lowest BCUT2D eigenvalue weighted by Crippen LogP contribution is -2.06. The number of aryl methyl sites for hydroxylation is 2. The fourth-order valence-corrected chi connectivity index (χ4v) is 2.30. The van der Waals surface area contributed by atoms with Crippen LogP contribution in [-0.2, 0) is 17.2 Å². The van der Waals surface area contributed by atoms with Crippen LogP contribution in [0.3, 0.4) is 0 Å². The number of ether oxygens (including phenoxy) is 1. The number of hydrogen-bond donors (Lipinski definition) is 0. The molecule has 0 aliphatic rings. The molecule has 0 aromatic carbocycles. The first-order chi connectivity index (χ1) is 9.27. The van der Waals surface area contributed by atoms with Crippen LogP contribution in [0.2, 0.25) is 0 Å². The highest BCUT2D eigenvalue weighted by atomic mass is 35.5. The minimum absolute atomic E-state index is 0.408. The van der Waals surface area contributed by atoms with Crippen molar-refractivity contribution in [2.24, 2.45) is 0 Å². The summed E-state index contributed by atoms with van der Waals surface area (Å²) < 4.78 is 7.61. The molecule has 0 saturated heterocycles. The Morgan fingerprint density at radius 1 is 1.37 bits per heavy atom. The van der Waals surface area contributed by atoms with Gasteiger partial charge < -0.3 is 9.30 Å². The molecule has 2 aromatic heterocycles. The van der Waals surface area contributed by atoms with Crippen molar-refractivity contribution in [2.75, 3.05) is 13.2 Å². The molecule has 0 atom stereocenters. The smallest absolute Gasteiger partial charge is 0.160 e. The number of fused-ring (bicyclic) bond motifs is 1. The Kier molecular flexibility index (Phi) is 5.16. The highest BCUT2D eigenvalue weighted by molar-refractivity contribution is 6.16. The van der Waals surface area contributed by atoms with E-state index in [-0.39, 0.29) is 0 Å². The Labute approximate surface area is 118 Å². The Bertz CT molecular complexity index is 539. The summed E-state index contributed by atoms with van der Waals surface area (Å²) in [4.78, 5) is 9.00. The third-order valence-corrected chi connectivity index (χ3v) is 3.29. The fraction of sp³-hybridized carbons (Fsp3) is 0.571. The van der Waals surface area contributed by atoms with Gasteiger partial charge in [-0.15, -0.1) is 11.6 Å². The molecule has 2 heterocycles. The van der Waals surface area contributed by atoms with Gasteiger partial charge in [0.15, 0.2) is 5.65 Å². The summed E-state index contributed by atoms with van der Waals surface area (Å²) in [6, 6.07) is 1.97. The number of alkyl halides is 1. The zero-order chi connectivity index (χ0) is 13.7. The minimum atomic E-state index is 0.408. The lowest BCUT2D eigenvalue weighted by Gasteiger charge is -2.07. The molecule has 0 aliphatic carbocycles. The first kappa shape index (κ1) is 14.3. The van der Waals surface area contributed by atoms with Crippen LogP contribution in [0.25, 0.3) is 11.2 Å². The summed E-state index contributed by atoms with van der Waals surface area (Å²) in [5, 5.41) is 0. The van der Waals surface area contributed by atoms with Gasteiger partial charge in [-0.1, -0.05) is 6.92 Å². The highest BCUT2D eigenvalue weighted by Gasteiger charge is 2.12. The van der Waals surface area contributed by atoms with E-state index in [1.165, 1.54) is 0 Å². The Hall–Kier alpha value is -1.13. The maximum absolute atomic E-state index is 5.98. The minimum Gasteiger partial charge on any atom is -0.381 e. The second-order valence-corrected chi connectivity index (χ2v) is 4.85. The van der Waals surface area contributed by atoms with Crippen LogP contribution < -0.4 is 0 Å². The zero-order valence-electron chi connectivity index (χ0n) is 11.5. The summed E-state index contributed by atoms with van der Waals surface area (Å²) >= 11 is 5.98. The molecule has 19 heavy (non-hydrogen) atoms. The van der Waals surface area contributed by atoms with Crippen LogP contribution in [0.1, 0.15) is 31.2 Å². The largest absolute Gasteiger partial charge is 0.381 e. The lowest BCUT2D eigenvalue weighted by molar-refractivity contribution is 0.129. The molecule has 0 saturated carbocycles. The normalized spacial score (nSPS) is 11.3. The average molecular weight is 282 g/mol. The van der Waals surface area contributed by atoms with E-state index in [9.17, 15) is 0 Å². The number of pyridine rings is 1. The predicted molar refractivity (Wildman–Crippen MR) is 77.5 cm³/mol. The quantitative estimate of drug-likeness (QED) is 0.577. The summed E-state index contributed by atoms with van der Waals surface area (Å²) in [6.45, 7) is 6.59. The van der Waals surface area contributed by atoms with Gasteiger partial charge in [0.1, 0.15) is 11.3 Å². The van der Waals surface area contributed by atoms with Crippen molar-refractivity contribution >= 4 is 22.8 Å². The van der Waals surface area contributed by atoms with Gasteiger partial charge in [-0.2, -0.15) is 0 Å². The van der Waals surface area contributed by atoms with Gasteiger partial charge in [-0.25, -0.2) is 9.97 Å². The van der Waals surface area contributed by atoms with Crippen molar-refractivity contribution in [1.82, 2.24) is 14.5 Å². The lowest BCUT2D eigenvalue weighted by atomic mass is 10.3. The maximum Gasteiger partial charge on any atom is 0.160 e. The maximum atomic E-state index is 5.98. The predicted octanol–water partition coefficient (Wildman–Crippen LogP) is 3.30. The van der Waals surface area contributed by atoms with Gasteiger partial charge in [0.25, 0.3) is 0 Å². The SMILES string of the molecule is CCCOCCCn1c(CCl)nc2c(C)ccnc21. The van der Waals surface area contributed by atoms with Gasteiger partial charge in [0, 0.05) is 26.0 Å². The van der Waals surface area contributed by atoms with E-state index in [4.69, 9.17) is 16.3 Å². The number of rotatable bonds is 7. The van der Waals surface area contributed by atoms with Gasteiger partial charge in [-0.05, 0) is 31.4 Å². The molecule has 0 fully saturated rings. The second-order valence-electron chi connectivity index (χ2n) is 4.58. The average Bonchev–Trinajstić information content (AvgIpc) is 2.78. The first-order valence-corrected chi connectivity index (χ1v) is 7.25. The highest BCUT2D eigenvalue weighted by Crippen LogP contribution is 2.19. The summed E-state index contributed by atoms with van der Waals surface area (Å²) in [5.74, 6) is 1.29. The molecule has 0 spiro atoms. The van der Waals surface area contributed by atoms with Crippen LogP contribution in [-0.4, -0.2) is 27.7 Å². The first-order valence-electron chi connectivity index (χ1n) is 6.72. The molecule has 0 aliphatic heterocycles. The third kappa shape index (κ3) is 3.25. The van der Waals surface area contributed by atoms with Gasteiger partial charge in [0.2, 0.25) is 0 Å². The molecule has 2 aromatic rings. The number of nitrogens with zero attached hydrogens (tertiary/aromatic N) is 3. The van der Waals surface area contributed by atoms with Crippen molar-refractivity contribution in [3.63, 3.8) is 0 Å². The molecule has 0 bridgehead atoms.